The van der Waals surface area contributed by atoms with Gasteiger partial charge in [-0.05, 0) is 78.7 Å². The third kappa shape index (κ3) is 5.39. The molecule has 0 atom stereocenters. The highest BCUT2D eigenvalue weighted by atomic mass is 16.5. The largest absolute Gasteiger partial charge is 0.497 e. The smallest absolute Gasteiger partial charge is 0.173 e. The molecule has 0 fully saturated rings. The molecule has 5 aromatic rings. The number of ether oxygens (including phenoxy) is 2. The minimum atomic E-state index is -1.53. The molecule has 0 bridgehead atoms. The summed E-state index contributed by atoms with van der Waals surface area (Å²) < 4.78 is 28.4. The van der Waals surface area contributed by atoms with Crippen molar-refractivity contribution in [1.82, 2.24) is 4.90 Å². The molecule has 0 aliphatic heterocycles. The summed E-state index contributed by atoms with van der Waals surface area (Å²) in [6.45, 7) is 3.57. The maximum absolute atomic E-state index is 12.2. The SMILES string of the molecule is COc1ccc(C(O)(c2ccc(OC)cc2)c2ccc(CN(Cc3ccco3)Cc3ccc(C)o3)o2)cc1. The first kappa shape index (κ1) is 25.4. The van der Waals surface area contributed by atoms with Crippen molar-refractivity contribution < 1.29 is 27.8 Å². The van der Waals surface area contributed by atoms with Gasteiger partial charge in [0.25, 0.3) is 0 Å². The van der Waals surface area contributed by atoms with Gasteiger partial charge in [-0.25, -0.2) is 0 Å². The molecular weight excluding hydrogens is 482 g/mol. The van der Waals surface area contributed by atoms with Gasteiger partial charge in [0.1, 0.15) is 40.3 Å². The molecule has 0 amide bonds. The summed E-state index contributed by atoms with van der Waals surface area (Å²) >= 11 is 0. The molecule has 7 heteroatoms. The lowest BCUT2D eigenvalue weighted by Crippen LogP contribution is -2.28. The molecule has 38 heavy (non-hydrogen) atoms. The lowest BCUT2D eigenvalue weighted by molar-refractivity contribution is 0.0943. The van der Waals surface area contributed by atoms with Gasteiger partial charge in [0, 0.05) is 0 Å². The van der Waals surface area contributed by atoms with Crippen molar-refractivity contribution in [2.45, 2.75) is 32.2 Å². The Balaban J connectivity index is 1.47. The molecule has 5 rings (SSSR count). The average molecular weight is 514 g/mol. The summed E-state index contributed by atoms with van der Waals surface area (Å²) in [7, 11) is 3.23. The molecule has 196 valence electrons. The zero-order valence-electron chi connectivity index (χ0n) is 21.7. The van der Waals surface area contributed by atoms with Crippen molar-refractivity contribution in [3.63, 3.8) is 0 Å². The molecule has 0 aliphatic rings. The van der Waals surface area contributed by atoms with Gasteiger partial charge in [-0.2, -0.15) is 0 Å². The van der Waals surface area contributed by atoms with E-state index >= 15 is 0 Å². The molecule has 0 aliphatic carbocycles. The summed E-state index contributed by atoms with van der Waals surface area (Å²) in [4.78, 5) is 2.17. The van der Waals surface area contributed by atoms with Gasteiger partial charge in [0.15, 0.2) is 5.60 Å². The summed E-state index contributed by atoms with van der Waals surface area (Å²) in [6, 6.07) is 26.1. The number of aryl methyl sites for hydroxylation is 1. The molecule has 3 aromatic heterocycles. The quantitative estimate of drug-likeness (QED) is 0.223. The van der Waals surface area contributed by atoms with Crippen molar-refractivity contribution >= 4 is 0 Å². The lowest BCUT2D eigenvalue weighted by atomic mass is 9.84. The van der Waals surface area contributed by atoms with Crippen LogP contribution in [0.2, 0.25) is 0 Å². The second kappa shape index (κ2) is 11.0. The van der Waals surface area contributed by atoms with Crippen LogP contribution in [-0.4, -0.2) is 24.2 Å². The van der Waals surface area contributed by atoms with Crippen LogP contribution in [0.1, 0.15) is 39.9 Å². The highest BCUT2D eigenvalue weighted by molar-refractivity contribution is 5.46. The van der Waals surface area contributed by atoms with Crippen LogP contribution in [0.25, 0.3) is 0 Å². The van der Waals surface area contributed by atoms with Gasteiger partial charge < -0.3 is 27.8 Å². The first-order valence-corrected chi connectivity index (χ1v) is 12.4. The monoisotopic (exact) mass is 513 g/mol. The Morgan fingerprint density at radius 2 is 1.24 bits per heavy atom. The van der Waals surface area contributed by atoms with E-state index in [9.17, 15) is 5.11 Å². The van der Waals surface area contributed by atoms with Gasteiger partial charge in [-0.3, -0.25) is 4.90 Å². The highest BCUT2D eigenvalue weighted by Gasteiger charge is 2.37. The minimum Gasteiger partial charge on any atom is -0.497 e. The van der Waals surface area contributed by atoms with Crippen LogP contribution in [0.5, 0.6) is 11.5 Å². The topological polar surface area (TPSA) is 81.4 Å². The fourth-order valence-corrected chi connectivity index (χ4v) is 4.57. The molecule has 1 N–H and O–H groups in total. The van der Waals surface area contributed by atoms with Crippen LogP contribution < -0.4 is 9.47 Å². The second-order valence-corrected chi connectivity index (χ2v) is 9.17. The second-order valence-electron chi connectivity index (χ2n) is 9.17. The first-order valence-electron chi connectivity index (χ1n) is 12.4. The Bertz CT molecular complexity index is 1380. The maximum Gasteiger partial charge on any atom is 0.173 e. The third-order valence-corrected chi connectivity index (χ3v) is 6.55. The zero-order valence-corrected chi connectivity index (χ0v) is 21.7. The van der Waals surface area contributed by atoms with Crippen LogP contribution in [0.15, 0.2) is 104 Å². The number of aliphatic hydroxyl groups is 1. The number of furan rings is 3. The summed E-state index contributed by atoms with van der Waals surface area (Å²) in [5.41, 5.74) is -0.216. The van der Waals surface area contributed by atoms with E-state index in [0.717, 1.165) is 17.3 Å². The van der Waals surface area contributed by atoms with E-state index in [1.165, 1.54) is 0 Å². The average Bonchev–Trinajstić information content (AvgIpc) is 3.72. The third-order valence-electron chi connectivity index (χ3n) is 6.55. The van der Waals surface area contributed by atoms with E-state index in [0.29, 0.717) is 53.8 Å². The molecule has 0 spiro atoms. The van der Waals surface area contributed by atoms with Crippen molar-refractivity contribution in [1.29, 1.82) is 0 Å². The Labute approximate surface area is 221 Å². The van der Waals surface area contributed by atoms with E-state index in [-0.39, 0.29) is 0 Å². The van der Waals surface area contributed by atoms with E-state index in [4.69, 9.17) is 22.7 Å². The molecule has 7 nitrogen and oxygen atoms in total. The van der Waals surface area contributed by atoms with Gasteiger partial charge in [0.05, 0.1) is 40.1 Å². The molecule has 0 saturated heterocycles. The van der Waals surface area contributed by atoms with Gasteiger partial charge in [-0.1, -0.05) is 24.3 Å². The van der Waals surface area contributed by atoms with Crippen LogP contribution in [0.3, 0.4) is 0 Å². The fraction of sp³-hybridized carbons (Fsp3) is 0.226. The van der Waals surface area contributed by atoms with Crippen LogP contribution >= 0.6 is 0 Å². The Kier molecular flexibility index (Phi) is 7.40. The number of hydrogen-bond acceptors (Lipinski definition) is 7. The number of nitrogens with zero attached hydrogens (tertiary/aromatic N) is 1. The van der Waals surface area contributed by atoms with Gasteiger partial charge in [0.2, 0.25) is 0 Å². The van der Waals surface area contributed by atoms with Crippen LogP contribution in [-0.2, 0) is 25.2 Å². The number of benzene rings is 2. The molecule has 0 unspecified atom stereocenters. The highest BCUT2D eigenvalue weighted by Crippen LogP contribution is 2.39. The molecule has 0 radical (unpaired) electrons. The predicted octanol–water partition coefficient (Wildman–Crippen LogP) is 6.28. The number of hydrogen-bond donors (Lipinski definition) is 1. The van der Waals surface area contributed by atoms with Crippen molar-refractivity contribution in [2.24, 2.45) is 0 Å². The van der Waals surface area contributed by atoms with Gasteiger partial charge in [-0.15, -0.1) is 0 Å². The Morgan fingerprint density at radius 3 is 1.74 bits per heavy atom. The van der Waals surface area contributed by atoms with Crippen molar-refractivity contribution in [3.05, 3.63) is 131 Å². The molecule has 0 saturated carbocycles. The summed E-state index contributed by atoms with van der Waals surface area (Å²) in [5.74, 6) is 5.08. The number of rotatable bonds is 11. The van der Waals surface area contributed by atoms with Crippen LogP contribution in [0, 0.1) is 6.92 Å². The van der Waals surface area contributed by atoms with Crippen LogP contribution in [0.4, 0.5) is 0 Å². The Hall–Kier alpha value is -4.20. The van der Waals surface area contributed by atoms with E-state index in [1.807, 2.05) is 91.9 Å². The van der Waals surface area contributed by atoms with Crippen molar-refractivity contribution in [3.8, 4) is 11.5 Å². The summed E-state index contributed by atoms with van der Waals surface area (Å²) in [5, 5.41) is 12.2. The molecule has 3 heterocycles. The minimum absolute atomic E-state index is 0.412. The zero-order chi connectivity index (χ0) is 26.5. The maximum atomic E-state index is 12.2. The Morgan fingerprint density at radius 1 is 0.684 bits per heavy atom. The van der Waals surface area contributed by atoms with E-state index < -0.39 is 5.60 Å². The normalized spacial score (nSPS) is 11.7. The predicted molar refractivity (Wildman–Crippen MR) is 142 cm³/mol. The van der Waals surface area contributed by atoms with Gasteiger partial charge >= 0.3 is 0 Å². The fourth-order valence-electron chi connectivity index (χ4n) is 4.57. The van der Waals surface area contributed by atoms with E-state index in [1.54, 1.807) is 20.5 Å². The van der Waals surface area contributed by atoms with Crippen molar-refractivity contribution in [2.75, 3.05) is 14.2 Å². The first-order chi connectivity index (χ1) is 18.5. The molecular formula is C31H31NO6. The number of methoxy groups -OCH3 is 2. The van der Waals surface area contributed by atoms with E-state index in [2.05, 4.69) is 4.90 Å². The summed E-state index contributed by atoms with van der Waals surface area (Å²) in [6.07, 6.45) is 1.67. The molecule has 2 aromatic carbocycles. The lowest BCUT2D eigenvalue weighted by Gasteiger charge is -2.28. The standard InChI is InChI=1S/C31H31NO6/c1-22-6-11-28(37-22)20-32(19-27-5-4-18-36-27)21-29-16-17-30(38-29)31(33,23-7-12-25(34-2)13-8-23)24-9-14-26(35-3)15-10-24/h4-18,33H,19-21H2,1-3H3.